The fourth-order valence-corrected chi connectivity index (χ4v) is 4.84. The Morgan fingerprint density at radius 2 is 1.38 bits per heavy atom. The number of anilines is 4. The lowest BCUT2D eigenvalue weighted by Gasteiger charge is -2.27. The number of carbonyl (C=O) groups excluding carboxylic acids is 1. The predicted molar refractivity (Wildman–Crippen MR) is 174 cm³/mol. The van der Waals surface area contributed by atoms with Gasteiger partial charge in [-0.25, -0.2) is 0 Å². The maximum atomic E-state index is 12.8. The number of nitrogens with zero attached hydrogens (tertiary/aromatic N) is 4. The lowest BCUT2D eigenvalue weighted by molar-refractivity contribution is -0.600. The van der Waals surface area contributed by atoms with Gasteiger partial charge in [0.1, 0.15) is 11.5 Å². The first-order valence-corrected chi connectivity index (χ1v) is 15.4. The summed E-state index contributed by atoms with van der Waals surface area (Å²) in [5.74, 6) is 2.18. The molecule has 3 heterocycles. The van der Waals surface area contributed by atoms with Crippen LogP contribution in [0.5, 0.6) is 11.5 Å². The SMILES string of the molecule is COc1cc(Nc2nc(NCCNC(=O)c3ccc(C4OOC(c5ccc(C)cc5)OO4)cc3)nc(N3CCOCC3)n2)cc(OC)c1. The minimum Gasteiger partial charge on any atom is -0.497 e. The molecule has 6 rings (SSSR count). The first kappa shape index (κ1) is 32.9. The summed E-state index contributed by atoms with van der Waals surface area (Å²) in [5.41, 5.74) is 3.65. The summed E-state index contributed by atoms with van der Waals surface area (Å²) in [7, 11) is 3.17. The molecule has 48 heavy (non-hydrogen) atoms. The number of methoxy groups -OCH3 is 2. The Morgan fingerprint density at radius 1 is 0.792 bits per heavy atom. The van der Waals surface area contributed by atoms with Crippen molar-refractivity contribution in [3.63, 3.8) is 0 Å². The van der Waals surface area contributed by atoms with Crippen molar-refractivity contribution >= 4 is 29.4 Å². The zero-order chi connectivity index (χ0) is 33.3. The molecule has 3 aromatic carbocycles. The van der Waals surface area contributed by atoms with Gasteiger partial charge >= 0.3 is 0 Å². The number of morpholine rings is 1. The second-order valence-corrected chi connectivity index (χ2v) is 10.9. The number of hydrogen-bond acceptors (Lipinski definition) is 14. The number of benzene rings is 3. The minimum atomic E-state index is -0.902. The summed E-state index contributed by atoms with van der Waals surface area (Å²) in [6.45, 7) is 5.12. The number of aromatic nitrogens is 3. The molecule has 0 radical (unpaired) electrons. The van der Waals surface area contributed by atoms with Crippen LogP contribution >= 0.6 is 0 Å². The van der Waals surface area contributed by atoms with E-state index in [1.807, 2.05) is 48.2 Å². The van der Waals surface area contributed by atoms with E-state index in [9.17, 15) is 4.79 Å². The summed E-state index contributed by atoms with van der Waals surface area (Å²) in [6, 6.07) is 19.8. The van der Waals surface area contributed by atoms with E-state index in [0.717, 1.165) is 11.1 Å². The second-order valence-electron chi connectivity index (χ2n) is 10.9. The van der Waals surface area contributed by atoms with Crippen LogP contribution < -0.4 is 30.3 Å². The van der Waals surface area contributed by atoms with Crippen molar-refractivity contribution in [2.45, 2.75) is 19.5 Å². The van der Waals surface area contributed by atoms with Crippen LogP contribution in [-0.2, 0) is 24.3 Å². The van der Waals surface area contributed by atoms with E-state index in [1.165, 1.54) is 0 Å². The fourth-order valence-electron chi connectivity index (χ4n) is 4.84. The third kappa shape index (κ3) is 8.44. The molecule has 15 nitrogen and oxygen atoms in total. The smallest absolute Gasteiger partial charge is 0.251 e. The topological polar surface area (TPSA) is 160 Å². The first-order valence-electron chi connectivity index (χ1n) is 15.4. The molecule has 3 N–H and O–H groups in total. The number of hydrogen-bond donors (Lipinski definition) is 3. The highest BCUT2D eigenvalue weighted by Gasteiger charge is 2.28. The molecule has 0 aliphatic carbocycles. The molecule has 0 unspecified atom stereocenters. The van der Waals surface area contributed by atoms with Crippen LogP contribution in [0.2, 0.25) is 0 Å². The van der Waals surface area contributed by atoms with Crippen molar-refractivity contribution in [3.8, 4) is 11.5 Å². The number of aryl methyl sites for hydroxylation is 1. The van der Waals surface area contributed by atoms with E-state index >= 15 is 0 Å². The number of rotatable bonds is 12. The molecule has 2 saturated heterocycles. The molecule has 2 aliphatic heterocycles. The Labute approximate surface area is 277 Å². The number of ether oxygens (including phenoxy) is 3. The van der Waals surface area contributed by atoms with Crippen LogP contribution in [0.25, 0.3) is 0 Å². The van der Waals surface area contributed by atoms with E-state index in [0.29, 0.717) is 85.6 Å². The highest BCUT2D eigenvalue weighted by molar-refractivity contribution is 5.94. The van der Waals surface area contributed by atoms with Gasteiger partial charge in [0.2, 0.25) is 30.4 Å². The molecule has 2 fully saturated rings. The van der Waals surface area contributed by atoms with Gasteiger partial charge in [0.05, 0.1) is 27.4 Å². The van der Waals surface area contributed by atoms with Gasteiger partial charge in [-0.2, -0.15) is 34.5 Å². The van der Waals surface area contributed by atoms with E-state index in [-0.39, 0.29) is 5.91 Å². The van der Waals surface area contributed by atoms with Crippen LogP contribution in [0.15, 0.2) is 66.7 Å². The average Bonchev–Trinajstić information content (AvgIpc) is 3.14. The Balaban J connectivity index is 1.03. The Hall–Kier alpha value is -5.06. The lowest BCUT2D eigenvalue weighted by Crippen LogP contribution is -2.37. The van der Waals surface area contributed by atoms with Crippen LogP contribution in [0, 0.1) is 6.92 Å². The molecular weight excluding hydrogens is 622 g/mol. The maximum Gasteiger partial charge on any atom is 0.251 e. The quantitative estimate of drug-likeness (QED) is 0.146. The van der Waals surface area contributed by atoms with Crippen molar-refractivity contribution in [3.05, 3.63) is 89.0 Å². The largest absolute Gasteiger partial charge is 0.497 e. The van der Waals surface area contributed by atoms with Gasteiger partial charge in [-0.1, -0.05) is 42.0 Å². The first-order chi connectivity index (χ1) is 23.5. The highest BCUT2D eigenvalue weighted by atomic mass is 17.4. The summed E-state index contributed by atoms with van der Waals surface area (Å²) < 4.78 is 16.3. The molecule has 0 spiro atoms. The van der Waals surface area contributed by atoms with Gasteiger partial charge in [0, 0.05) is 66.8 Å². The zero-order valence-electron chi connectivity index (χ0n) is 26.8. The number of amides is 1. The molecule has 252 valence electrons. The van der Waals surface area contributed by atoms with Gasteiger partial charge in [0.15, 0.2) is 0 Å². The standard InChI is InChI=1S/C33H37N7O8/c1-21-4-6-23(7-5-21)29-45-47-30(48-46-29)24-10-8-22(9-11-24)28(41)34-12-13-35-31-37-32(39-33(38-31)40-14-16-44-17-15-40)36-25-18-26(42-2)20-27(19-25)43-3/h4-11,18-20,29-30H,12-17H2,1-3H3,(H,34,41)(H2,35,36,37,38,39). The van der Waals surface area contributed by atoms with E-state index < -0.39 is 12.6 Å². The van der Waals surface area contributed by atoms with Crippen molar-refractivity contribution < 1.29 is 38.6 Å². The molecule has 1 aromatic heterocycles. The average molecular weight is 660 g/mol. The third-order valence-electron chi connectivity index (χ3n) is 7.47. The van der Waals surface area contributed by atoms with Gasteiger partial charge in [-0.3, -0.25) is 4.79 Å². The van der Waals surface area contributed by atoms with Crippen LogP contribution in [-0.4, -0.2) is 74.5 Å². The number of nitrogens with one attached hydrogen (secondary N) is 3. The maximum absolute atomic E-state index is 12.8. The van der Waals surface area contributed by atoms with Crippen LogP contribution in [0.4, 0.5) is 23.5 Å². The molecular formula is C33H37N7O8. The monoisotopic (exact) mass is 659 g/mol. The van der Waals surface area contributed by atoms with Gasteiger partial charge in [-0.05, 0) is 19.1 Å². The van der Waals surface area contributed by atoms with Gasteiger partial charge < -0.3 is 35.1 Å². The van der Waals surface area contributed by atoms with Gasteiger partial charge in [0.25, 0.3) is 5.91 Å². The van der Waals surface area contributed by atoms with Crippen molar-refractivity contribution in [2.24, 2.45) is 0 Å². The predicted octanol–water partition coefficient (Wildman–Crippen LogP) is 4.23. The molecule has 0 saturated carbocycles. The highest BCUT2D eigenvalue weighted by Crippen LogP contribution is 2.32. The van der Waals surface area contributed by atoms with Crippen molar-refractivity contribution in [2.75, 3.05) is 69.1 Å². The van der Waals surface area contributed by atoms with Gasteiger partial charge in [-0.15, -0.1) is 0 Å². The molecule has 0 atom stereocenters. The molecule has 4 aromatic rings. The molecule has 2 aliphatic rings. The molecule has 15 heteroatoms. The fraction of sp³-hybridized carbons (Fsp3) is 0.333. The van der Waals surface area contributed by atoms with Crippen molar-refractivity contribution in [1.29, 1.82) is 0 Å². The van der Waals surface area contributed by atoms with E-state index in [4.69, 9.17) is 33.8 Å². The van der Waals surface area contributed by atoms with E-state index in [2.05, 4.69) is 30.9 Å². The second kappa shape index (κ2) is 15.7. The van der Waals surface area contributed by atoms with E-state index in [1.54, 1.807) is 44.6 Å². The third-order valence-corrected chi connectivity index (χ3v) is 7.47. The summed E-state index contributed by atoms with van der Waals surface area (Å²) in [6.07, 6.45) is -1.70. The lowest BCUT2D eigenvalue weighted by atomic mass is 10.1. The zero-order valence-corrected chi connectivity index (χ0v) is 26.8. The Bertz CT molecular complexity index is 1640. The van der Waals surface area contributed by atoms with Crippen LogP contribution in [0.3, 0.4) is 0 Å². The molecule has 0 bridgehead atoms. The minimum absolute atomic E-state index is 0.250. The normalized spacial score (nSPS) is 17.8. The number of carbonyl (C=O) groups is 1. The van der Waals surface area contributed by atoms with Crippen molar-refractivity contribution in [1.82, 2.24) is 20.3 Å². The molecule has 1 amide bonds. The summed E-state index contributed by atoms with van der Waals surface area (Å²) in [5, 5.41) is 9.31. The van der Waals surface area contributed by atoms with Crippen LogP contribution in [0.1, 0.15) is 39.6 Å². The summed E-state index contributed by atoms with van der Waals surface area (Å²) >= 11 is 0. The Morgan fingerprint density at radius 3 is 1.98 bits per heavy atom. The Kier molecular flexibility index (Phi) is 10.7. The summed E-state index contributed by atoms with van der Waals surface area (Å²) in [4.78, 5) is 50.2.